The van der Waals surface area contributed by atoms with Crippen LogP contribution in [-0.4, -0.2) is 31.4 Å². The van der Waals surface area contributed by atoms with Gasteiger partial charge in [-0.2, -0.15) is 0 Å². The molecule has 2 N–H and O–H groups in total. The molecule has 1 amide bonds. The third kappa shape index (κ3) is 3.10. The average molecular weight is 352 g/mol. The Hall–Kier alpha value is -3.03. The minimum absolute atomic E-state index is 0.0234. The van der Waals surface area contributed by atoms with Crippen LogP contribution in [0.3, 0.4) is 0 Å². The Morgan fingerprint density at radius 2 is 2.08 bits per heavy atom. The molecule has 3 heterocycles. The van der Waals surface area contributed by atoms with Gasteiger partial charge in [-0.05, 0) is 39.7 Å². The number of nitrogens with one attached hydrogen (secondary N) is 2. The first kappa shape index (κ1) is 16.4. The Morgan fingerprint density at radius 1 is 1.27 bits per heavy atom. The van der Waals surface area contributed by atoms with E-state index in [0.29, 0.717) is 34.1 Å². The lowest BCUT2D eigenvalue weighted by molar-refractivity contribution is 0.0949. The van der Waals surface area contributed by atoms with Crippen molar-refractivity contribution in [1.29, 1.82) is 0 Å². The Kier molecular flexibility index (Phi) is 3.82. The Bertz CT molecular complexity index is 993. The SMILES string of the molecule is Cc1ccnc(CNC(=O)c2c(C)oc3ncnc(NC4(C)CC4)c23)n1. The molecule has 4 rings (SSSR count). The zero-order chi connectivity index (χ0) is 18.3. The van der Waals surface area contributed by atoms with Gasteiger partial charge in [-0.1, -0.05) is 0 Å². The first-order valence-corrected chi connectivity index (χ1v) is 8.54. The van der Waals surface area contributed by atoms with Gasteiger partial charge >= 0.3 is 0 Å². The number of carbonyl (C=O) groups excluding carboxylic acids is 1. The number of furan rings is 1. The molecule has 26 heavy (non-hydrogen) atoms. The van der Waals surface area contributed by atoms with E-state index >= 15 is 0 Å². The summed E-state index contributed by atoms with van der Waals surface area (Å²) in [6, 6.07) is 1.81. The fourth-order valence-corrected chi connectivity index (χ4v) is 2.84. The topological polar surface area (TPSA) is 106 Å². The third-order valence-corrected chi connectivity index (χ3v) is 4.56. The number of rotatable bonds is 5. The summed E-state index contributed by atoms with van der Waals surface area (Å²) in [7, 11) is 0. The van der Waals surface area contributed by atoms with E-state index in [9.17, 15) is 4.79 Å². The van der Waals surface area contributed by atoms with E-state index in [1.165, 1.54) is 6.33 Å². The molecule has 3 aromatic heterocycles. The van der Waals surface area contributed by atoms with Crippen molar-refractivity contribution in [3.63, 3.8) is 0 Å². The number of hydrogen-bond donors (Lipinski definition) is 2. The summed E-state index contributed by atoms with van der Waals surface area (Å²) in [6.07, 6.45) is 5.26. The standard InChI is InChI=1S/C18H20N6O2/c1-10-4-7-19-12(23-10)8-20-16(25)13-11(2)26-17-14(13)15(21-9-22-17)24-18(3)5-6-18/h4,7,9H,5-6,8H2,1-3H3,(H,20,25)(H,21,22,24). The van der Waals surface area contributed by atoms with Crippen LogP contribution >= 0.6 is 0 Å². The van der Waals surface area contributed by atoms with Crippen molar-refractivity contribution in [3.05, 3.63) is 41.4 Å². The van der Waals surface area contributed by atoms with Crippen LogP contribution in [0.25, 0.3) is 11.1 Å². The zero-order valence-corrected chi connectivity index (χ0v) is 15.0. The molecule has 0 atom stereocenters. The molecule has 1 aliphatic carbocycles. The smallest absolute Gasteiger partial charge is 0.256 e. The predicted octanol–water partition coefficient (Wildman–Crippen LogP) is 2.52. The van der Waals surface area contributed by atoms with E-state index in [4.69, 9.17) is 4.42 Å². The van der Waals surface area contributed by atoms with Crippen LogP contribution in [0.5, 0.6) is 0 Å². The second kappa shape index (κ2) is 6.05. The molecule has 0 aliphatic heterocycles. The molecule has 8 heteroatoms. The van der Waals surface area contributed by atoms with Gasteiger partial charge in [-0.15, -0.1) is 0 Å². The van der Waals surface area contributed by atoms with Gasteiger partial charge in [0, 0.05) is 17.4 Å². The number of aryl methyl sites for hydroxylation is 2. The van der Waals surface area contributed by atoms with Crippen LogP contribution in [0.15, 0.2) is 23.0 Å². The van der Waals surface area contributed by atoms with Gasteiger partial charge in [0.2, 0.25) is 5.71 Å². The summed E-state index contributed by atoms with van der Waals surface area (Å²) < 4.78 is 5.68. The lowest BCUT2D eigenvalue weighted by Gasteiger charge is -2.13. The minimum atomic E-state index is -0.259. The van der Waals surface area contributed by atoms with E-state index in [1.807, 2.05) is 13.0 Å². The maximum absolute atomic E-state index is 12.8. The van der Waals surface area contributed by atoms with Gasteiger partial charge in [0.15, 0.2) is 0 Å². The third-order valence-electron chi connectivity index (χ3n) is 4.56. The van der Waals surface area contributed by atoms with Gasteiger partial charge in [0.05, 0.1) is 17.5 Å². The van der Waals surface area contributed by atoms with E-state index in [-0.39, 0.29) is 18.0 Å². The van der Waals surface area contributed by atoms with Crippen molar-refractivity contribution in [3.8, 4) is 0 Å². The van der Waals surface area contributed by atoms with E-state index in [1.54, 1.807) is 13.1 Å². The van der Waals surface area contributed by atoms with Gasteiger partial charge in [0.25, 0.3) is 5.91 Å². The van der Waals surface area contributed by atoms with E-state index in [0.717, 1.165) is 18.5 Å². The molecule has 0 radical (unpaired) electrons. The number of hydrogen-bond acceptors (Lipinski definition) is 7. The summed E-state index contributed by atoms with van der Waals surface area (Å²) in [5.41, 5.74) is 1.73. The second-order valence-electron chi connectivity index (χ2n) is 6.92. The molecule has 0 bridgehead atoms. The van der Waals surface area contributed by atoms with Crippen molar-refractivity contribution >= 4 is 22.8 Å². The molecular weight excluding hydrogens is 332 g/mol. The molecule has 0 saturated heterocycles. The fraction of sp³-hybridized carbons (Fsp3) is 0.389. The van der Waals surface area contributed by atoms with Crippen molar-refractivity contribution in [1.82, 2.24) is 25.3 Å². The summed E-state index contributed by atoms with van der Waals surface area (Å²) in [5, 5.41) is 6.88. The van der Waals surface area contributed by atoms with Crippen molar-refractivity contribution in [2.24, 2.45) is 0 Å². The van der Waals surface area contributed by atoms with E-state index < -0.39 is 0 Å². The van der Waals surface area contributed by atoms with Crippen LogP contribution in [0.1, 0.15) is 47.4 Å². The Morgan fingerprint density at radius 3 is 2.81 bits per heavy atom. The summed E-state index contributed by atoms with van der Waals surface area (Å²) in [5.74, 6) is 1.44. The zero-order valence-electron chi connectivity index (χ0n) is 15.0. The van der Waals surface area contributed by atoms with Crippen molar-refractivity contribution in [2.75, 3.05) is 5.32 Å². The fourth-order valence-electron chi connectivity index (χ4n) is 2.84. The number of fused-ring (bicyclic) bond motifs is 1. The maximum atomic E-state index is 12.8. The molecule has 0 unspecified atom stereocenters. The predicted molar refractivity (Wildman–Crippen MR) is 95.7 cm³/mol. The number of anilines is 1. The van der Waals surface area contributed by atoms with E-state index in [2.05, 4.69) is 37.5 Å². The van der Waals surface area contributed by atoms with Gasteiger partial charge in [-0.25, -0.2) is 19.9 Å². The van der Waals surface area contributed by atoms with Gasteiger partial charge in [-0.3, -0.25) is 4.79 Å². The van der Waals surface area contributed by atoms with Crippen LogP contribution in [0, 0.1) is 13.8 Å². The lowest BCUT2D eigenvalue weighted by Crippen LogP contribution is -2.25. The average Bonchev–Trinajstić information content (AvgIpc) is 3.21. The molecule has 134 valence electrons. The monoisotopic (exact) mass is 352 g/mol. The summed E-state index contributed by atoms with van der Waals surface area (Å²) in [6.45, 7) is 6.00. The largest absolute Gasteiger partial charge is 0.442 e. The van der Waals surface area contributed by atoms with Crippen LogP contribution in [0.4, 0.5) is 5.82 Å². The summed E-state index contributed by atoms with van der Waals surface area (Å²) >= 11 is 0. The Balaban J connectivity index is 1.64. The molecule has 0 spiro atoms. The Labute approximate surface area is 150 Å². The molecule has 1 fully saturated rings. The van der Waals surface area contributed by atoms with Crippen LogP contribution < -0.4 is 10.6 Å². The highest BCUT2D eigenvalue weighted by molar-refractivity contribution is 6.10. The number of nitrogens with zero attached hydrogens (tertiary/aromatic N) is 4. The lowest BCUT2D eigenvalue weighted by atomic mass is 10.1. The highest BCUT2D eigenvalue weighted by Gasteiger charge is 2.38. The van der Waals surface area contributed by atoms with Crippen molar-refractivity contribution in [2.45, 2.75) is 45.7 Å². The maximum Gasteiger partial charge on any atom is 0.256 e. The normalized spacial score (nSPS) is 15.0. The molecule has 1 aliphatic rings. The molecular formula is C18H20N6O2. The molecule has 0 aromatic carbocycles. The minimum Gasteiger partial charge on any atom is -0.442 e. The van der Waals surface area contributed by atoms with Gasteiger partial charge < -0.3 is 15.1 Å². The molecule has 8 nitrogen and oxygen atoms in total. The summed E-state index contributed by atoms with van der Waals surface area (Å²) in [4.78, 5) is 29.8. The molecule has 1 saturated carbocycles. The van der Waals surface area contributed by atoms with Crippen molar-refractivity contribution < 1.29 is 9.21 Å². The second-order valence-corrected chi connectivity index (χ2v) is 6.92. The van der Waals surface area contributed by atoms with Gasteiger partial charge in [0.1, 0.15) is 23.7 Å². The first-order valence-electron chi connectivity index (χ1n) is 8.54. The quantitative estimate of drug-likeness (QED) is 0.727. The number of aromatic nitrogens is 4. The highest BCUT2D eigenvalue weighted by Crippen LogP contribution is 2.40. The van der Waals surface area contributed by atoms with Crippen LogP contribution in [0.2, 0.25) is 0 Å². The first-order chi connectivity index (χ1) is 12.5. The molecule has 3 aromatic rings. The number of carbonyl (C=O) groups is 1. The number of amides is 1. The highest BCUT2D eigenvalue weighted by atomic mass is 16.3. The van der Waals surface area contributed by atoms with Crippen LogP contribution in [-0.2, 0) is 6.54 Å².